The quantitative estimate of drug-likeness (QED) is 0.302. The van der Waals surface area contributed by atoms with Crippen LogP contribution in [-0.2, 0) is 9.53 Å². The van der Waals surface area contributed by atoms with E-state index < -0.39 is 11.8 Å². The normalized spacial score (nSPS) is 14.7. The third-order valence-electron chi connectivity index (χ3n) is 6.77. The van der Waals surface area contributed by atoms with Crippen LogP contribution in [0, 0.1) is 5.82 Å². The second-order valence-electron chi connectivity index (χ2n) is 9.21. The first-order valence-electron chi connectivity index (χ1n) is 12.4. The molecule has 0 spiro atoms. The van der Waals surface area contributed by atoms with Crippen LogP contribution in [0.4, 0.5) is 26.2 Å². The Labute approximate surface area is 221 Å². The summed E-state index contributed by atoms with van der Waals surface area (Å²) in [7, 11) is 1.59. The Morgan fingerprint density at radius 1 is 1.08 bits per heavy atom. The number of urea groups is 1. The summed E-state index contributed by atoms with van der Waals surface area (Å²) in [5.74, 6) is -0.272. The summed E-state index contributed by atoms with van der Waals surface area (Å²) in [4.78, 5) is 26.4. The smallest absolute Gasteiger partial charge is 0.323 e. The van der Waals surface area contributed by atoms with Crippen molar-refractivity contribution in [1.82, 2.24) is 0 Å². The largest absolute Gasteiger partial charge is 0.384 e. The molecule has 1 fully saturated rings. The number of nitrogens with zero attached hydrogens (tertiary/aromatic N) is 1. The van der Waals surface area contributed by atoms with Crippen molar-refractivity contribution < 1.29 is 18.7 Å². The minimum Gasteiger partial charge on any atom is -0.384 e. The summed E-state index contributed by atoms with van der Waals surface area (Å²) < 4.78 is 19.6. The van der Waals surface area contributed by atoms with Gasteiger partial charge in [0.15, 0.2) is 0 Å². The highest BCUT2D eigenvalue weighted by molar-refractivity contribution is 6.30. The number of anilines is 3. The van der Waals surface area contributed by atoms with Crippen LogP contribution in [0.1, 0.15) is 42.2 Å². The molecule has 1 aliphatic heterocycles. The zero-order chi connectivity index (χ0) is 26.2. The van der Waals surface area contributed by atoms with Gasteiger partial charge in [-0.25, -0.2) is 9.18 Å². The Hall–Kier alpha value is -3.42. The number of hydrogen-bond donors (Lipinski definition) is 2. The molecule has 0 aliphatic carbocycles. The molecule has 1 atom stereocenters. The maximum Gasteiger partial charge on any atom is 0.323 e. The third kappa shape index (κ3) is 6.87. The number of aldehydes is 1. The number of halogens is 2. The number of piperidine rings is 1. The van der Waals surface area contributed by atoms with Gasteiger partial charge in [-0.2, -0.15) is 0 Å². The van der Waals surface area contributed by atoms with Crippen molar-refractivity contribution in [3.63, 3.8) is 0 Å². The molecule has 0 bridgehead atoms. The zero-order valence-electron chi connectivity index (χ0n) is 20.8. The lowest BCUT2D eigenvalue weighted by Crippen LogP contribution is -2.34. The van der Waals surface area contributed by atoms with E-state index in [0.29, 0.717) is 24.6 Å². The number of methoxy groups -OCH3 is 1. The van der Waals surface area contributed by atoms with Crippen LogP contribution >= 0.6 is 11.6 Å². The summed E-state index contributed by atoms with van der Waals surface area (Å²) in [6, 6.07) is 19.9. The van der Waals surface area contributed by atoms with Crippen molar-refractivity contribution in [2.75, 3.05) is 42.3 Å². The molecular formula is C29H31ClFN3O3. The molecule has 0 aromatic heterocycles. The number of amides is 2. The van der Waals surface area contributed by atoms with E-state index >= 15 is 0 Å². The molecule has 1 aliphatic rings. The Balaban J connectivity index is 1.56. The highest BCUT2D eigenvalue weighted by atomic mass is 35.5. The predicted octanol–water partition coefficient (Wildman–Crippen LogP) is 6.83. The van der Waals surface area contributed by atoms with E-state index in [2.05, 4.69) is 39.8 Å². The van der Waals surface area contributed by atoms with Gasteiger partial charge in [-0.3, -0.25) is 0 Å². The van der Waals surface area contributed by atoms with Gasteiger partial charge in [-0.05, 0) is 60.2 Å². The second kappa shape index (κ2) is 12.7. The van der Waals surface area contributed by atoms with E-state index in [1.165, 1.54) is 17.7 Å². The number of carbonyl (C=O) groups is 2. The maximum atomic E-state index is 14.3. The van der Waals surface area contributed by atoms with Gasteiger partial charge in [0, 0.05) is 37.6 Å². The third-order valence-corrected chi connectivity index (χ3v) is 7.01. The fourth-order valence-electron chi connectivity index (χ4n) is 4.85. The second-order valence-corrected chi connectivity index (χ2v) is 9.64. The van der Waals surface area contributed by atoms with Crippen LogP contribution in [-0.4, -0.2) is 39.1 Å². The Morgan fingerprint density at radius 2 is 1.81 bits per heavy atom. The van der Waals surface area contributed by atoms with Crippen LogP contribution in [0.15, 0.2) is 66.7 Å². The number of benzene rings is 3. The number of hydrogen-bond acceptors (Lipinski definition) is 4. The number of ether oxygens (including phenoxy) is 1. The van der Waals surface area contributed by atoms with Crippen LogP contribution < -0.4 is 15.5 Å². The summed E-state index contributed by atoms with van der Waals surface area (Å²) in [6.07, 6.45) is 3.15. The van der Waals surface area contributed by atoms with Gasteiger partial charge in [0.2, 0.25) is 0 Å². The van der Waals surface area contributed by atoms with E-state index in [1.807, 2.05) is 24.3 Å². The average Bonchev–Trinajstić information content (AvgIpc) is 2.91. The molecule has 3 aromatic rings. The molecule has 3 aromatic carbocycles. The van der Waals surface area contributed by atoms with Gasteiger partial charge in [-0.1, -0.05) is 48.0 Å². The van der Waals surface area contributed by atoms with E-state index in [0.717, 1.165) is 49.5 Å². The SMILES string of the molecule is COCC(CC=O)c1ccc(N2CCC(c3ccccc3)CC2)c(NC(=O)Nc2ccc(Cl)cc2F)c1. The van der Waals surface area contributed by atoms with Crippen molar-refractivity contribution in [2.45, 2.75) is 31.1 Å². The molecule has 4 rings (SSSR count). The molecule has 1 unspecified atom stereocenters. The van der Waals surface area contributed by atoms with Crippen molar-refractivity contribution in [3.05, 3.63) is 88.7 Å². The van der Waals surface area contributed by atoms with Gasteiger partial charge in [0.05, 0.1) is 23.7 Å². The molecule has 0 saturated carbocycles. The molecular weight excluding hydrogens is 493 g/mol. The van der Waals surface area contributed by atoms with Crippen molar-refractivity contribution in [3.8, 4) is 0 Å². The van der Waals surface area contributed by atoms with E-state index in [-0.39, 0.29) is 16.6 Å². The zero-order valence-corrected chi connectivity index (χ0v) is 21.5. The molecule has 2 N–H and O–H groups in total. The molecule has 37 heavy (non-hydrogen) atoms. The van der Waals surface area contributed by atoms with Crippen molar-refractivity contribution in [2.24, 2.45) is 0 Å². The van der Waals surface area contributed by atoms with Crippen LogP contribution in [0.3, 0.4) is 0 Å². The molecule has 6 nitrogen and oxygen atoms in total. The molecule has 8 heteroatoms. The first kappa shape index (κ1) is 26.6. The summed E-state index contributed by atoms with van der Waals surface area (Å²) in [5.41, 5.74) is 3.72. The van der Waals surface area contributed by atoms with E-state index in [4.69, 9.17) is 16.3 Å². The lowest BCUT2D eigenvalue weighted by molar-refractivity contribution is -0.108. The first-order valence-corrected chi connectivity index (χ1v) is 12.8. The minimum absolute atomic E-state index is 0.0292. The minimum atomic E-state index is -0.620. The number of nitrogens with one attached hydrogen (secondary N) is 2. The monoisotopic (exact) mass is 523 g/mol. The number of carbonyl (C=O) groups excluding carboxylic acids is 2. The maximum absolute atomic E-state index is 14.3. The summed E-state index contributed by atoms with van der Waals surface area (Å²) >= 11 is 5.83. The standard InChI is InChI=1S/C29H31ClFN3O3/c1-37-19-23(13-16-35)22-7-10-28(34-14-11-21(12-15-34)20-5-3-2-4-6-20)27(17-22)33-29(36)32-26-9-8-24(30)18-25(26)31/h2-10,16-18,21,23H,11-15,19H2,1H3,(H2,32,33,36). The molecule has 194 valence electrons. The van der Waals surface area contributed by atoms with Crippen molar-refractivity contribution >= 4 is 41.0 Å². The number of rotatable bonds is 9. The fraction of sp³-hybridized carbons (Fsp3) is 0.310. The van der Waals surface area contributed by atoms with Gasteiger partial charge < -0.3 is 25.1 Å². The van der Waals surface area contributed by atoms with Gasteiger partial charge in [0.25, 0.3) is 0 Å². The molecule has 0 radical (unpaired) electrons. The summed E-state index contributed by atoms with van der Waals surface area (Å²) in [6.45, 7) is 2.04. The highest BCUT2D eigenvalue weighted by Crippen LogP contribution is 2.36. The van der Waals surface area contributed by atoms with Crippen molar-refractivity contribution in [1.29, 1.82) is 0 Å². The van der Waals surface area contributed by atoms with E-state index in [9.17, 15) is 14.0 Å². The fourth-order valence-corrected chi connectivity index (χ4v) is 5.01. The summed E-state index contributed by atoms with van der Waals surface area (Å²) in [5, 5.41) is 5.71. The predicted molar refractivity (Wildman–Crippen MR) is 146 cm³/mol. The van der Waals surface area contributed by atoms with E-state index in [1.54, 1.807) is 7.11 Å². The van der Waals surface area contributed by atoms with Gasteiger partial charge in [-0.15, -0.1) is 0 Å². The molecule has 2 amide bonds. The van der Waals surface area contributed by atoms with Crippen LogP contribution in [0.5, 0.6) is 0 Å². The molecule has 1 saturated heterocycles. The lowest BCUT2D eigenvalue weighted by atomic mass is 9.89. The lowest BCUT2D eigenvalue weighted by Gasteiger charge is -2.35. The first-order chi connectivity index (χ1) is 18.0. The van der Waals surface area contributed by atoms with Crippen LogP contribution in [0.2, 0.25) is 5.02 Å². The Morgan fingerprint density at radius 3 is 2.49 bits per heavy atom. The highest BCUT2D eigenvalue weighted by Gasteiger charge is 2.24. The van der Waals surface area contributed by atoms with Gasteiger partial charge >= 0.3 is 6.03 Å². The topological polar surface area (TPSA) is 70.7 Å². The van der Waals surface area contributed by atoms with Gasteiger partial charge in [0.1, 0.15) is 12.1 Å². The Bertz CT molecular complexity index is 1220. The molecule has 1 heterocycles. The van der Waals surface area contributed by atoms with Crippen LogP contribution in [0.25, 0.3) is 0 Å². The Kier molecular flexibility index (Phi) is 9.14. The average molecular weight is 524 g/mol.